The summed E-state index contributed by atoms with van der Waals surface area (Å²) in [6.45, 7) is 3.43. The molecule has 4 rings (SSSR count). The number of thioether (sulfide) groups is 1. The number of aromatic nitrogens is 2. The normalized spacial score (nSPS) is 14.8. The van der Waals surface area contributed by atoms with Crippen LogP contribution >= 0.6 is 24.0 Å². The second kappa shape index (κ2) is 12.8. The SMILES string of the molecule is CCCCCCCCN1C(=O)/C(=C\c2c(NCCc3ccccc3)nc3ccccn3c2=O)SC1=S. The van der Waals surface area contributed by atoms with Crippen molar-refractivity contribution >= 4 is 51.7 Å². The van der Waals surface area contributed by atoms with Crippen molar-refractivity contribution in [1.29, 1.82) is 0 Å². The molecule has 0 saturated carbocycles. The number of fused-ring (bicyclic) bond motifs is 1. The molecule has 1 aromatic carbocycles. The summed E-state index contributed by atoms with van der Waals surface area (Å²) in [5.74, 6) is 0.342. The van der Waals surface area contributed by atoms with Gasteiger partial charge in [-0.15, -0.1) is 0 Å². The molecule has 8 heteroatoms. The molecule has 6 nitrogen and oxygen atoms in total. The molecule has 188 valence electrons. The van der Waals surface area contributed by atoms with Crippen LogP contribution in [0.5, 0.6) is 0 Å². The summed E-state index contributed by atoms with van der Waals surface area (Å²) < 4.78 is 2.05. The molecule has 36 heavy (non-hydrogen) atoms. The number of pyridine rings is 1. The summed E-state index contributed by atoms with van der Waals surface area (Å²) in [7, 11) is 0. The molecule has 1 N–H and O–H groups in total. The van der Waals surface area contributed by atoms with E-state index in [-0.39, 0.29) is 11.5 Å². The molecule has 3 heterocycles. The summed E-state index contributed by atoms with van der Waals surface area (Å²) in [5.41, 5.74) is 1.90. The van der Waals surface area contributed by atoms with E-state index in [4.69, 9.17) is 17.2 Å². The summed E-state index contributed by atoms with van der Waals surface area (Å²) in [5, 5.41) is 3.33. The quantitative estimate of drug-likeness (QED) is 0.182. The van der Waals surface area contributed by atoms with Crippen LogP contribution in [-0.4, -0.2) is 37.6 Å². The van der Waals surface area contributed by atoms with E-state index in [2.05, 4.69) is 24.4 Å². The number of carbonyl (C=O) groups excluding carboxylic acids is 1. The van der Waals surface area contributed by atoms with Gasteiger partial charge in [-0.2, -0.15) is 0 Å². The van der Waals surface area contributed by atoms with Gasteiger partial charge in [-0.05, 0) is 36.6 Å². The van der Waals surface area contributed by atoms with E-state index in [1.807, 2.05) is 24.3 Å². The van der Waals surface area contributed by atoms with E-state index in [1.54, 1.807) is 29.3 Å². The molecule has 0 unspecified atom stereocenters. The zero-order valence-corrected chi connectivity index (χ0v) is 22.2. The third kappa shape index (κ3) is 6.42. The van der Waals surface area contributed by atoms with Crippen molar-refractivity contribution in [2.75, 3.05) is 18.4 Å². The second-order valence-electron chi connectivity index (χ2n) is 8.87. The van der Waals surface area contributed by atoms with E-state index in [9.17, 15) is 9.59 Å². The zero-order valence-electron chi connectivity index (χ0n) is 20.6. The highest BCUT2D eigenvalue weighted by Crippen LogP contribution is 2.33. The number of anilines is 1. The van der Waals surface area contributed by atoms with Crippen molar-refractivity contribution in [1.82, 2.24) is 14.3 Å². The third-order valence-electron chi connectivity index (χ3n) is 6.20. The van der Waals surface area contributed by atoms with Gasteiger partial charge in [0.15, 0.2) is 0 Å². The Kier molecular flexibility index (Phi) is 9.30. The van der Waals surface area contributed by atoms with Gasteiger partial charge in [-0.1, -0.05) is 99.4 Å². The lowest BCUT2D eigenvalue weighted by molar-refractivity contribution is -0.122. The van der Waals surface area contributed by atoms with Crippen molar-refractivity contribution < 1.29 is 4.79 Å². The number of rotatable bonds is 12. The average molecular weight is 521 g/mol. The predicted octanol–water partition coefficient (Wildman–Crippen LogP) is 5.91. The number of amides is 1. The largest absolute Gasteiger partial charge is 0.369 e. The minimum atomic E-state index is -0.219. The Balaban J connectivity index is 1.54. The van der Waals surface area contributed by atoms with Gasteiger partial charge in [0.2, 0.25) is 0 Å². The Labute approximate surface area is 221 Å². The van der Waals surface area contributed by atoms with Crippen LogP contribution in [0.1, 0.15) is 56.6 Å². The maximum Gasteiger partial charge on any atom is 0.267 e. The standard InChI is InChI=1S/C28H32N4O2S2/c1-2-3-4-5-6-11-19-32-27(34)23(36-28(32)35)20-22-25(29-17-16-21-13-8-7-9-14-21)30-24-15-10-12-18-31(24)26(22)33/h7-10,12-15,18,20,29H,2-6,11,16-17,19H2,1H3/b23-20+. The van der Waals surface area contributed by atoms with E-state index >= 15 is 0 Å². The van der Waals surface area contributed by atoms with Crippen LogP contribution in [0, 0.1) is 0 Å². The van der Waals surface area contributed by atoms with Crippen molar-refractivity contribution in [2.45, 2.75) is 51.9 Å². The zero-order chi connectivity index (χ0) is 25.3. The monoisotopic (exact) mass is 520 g/mol. The summed E-state index contributed by atoms with van der Waals surface area (Å²) in [4.78, 5) is 33.4. The van der Waals surface area contributed by atoms with Gasteiger partial charge in [0.05, 0.1) is 10.5 Å². The first-order chi connectivity index (χ1) is 17.6. The summed E-state index contributed by atoms with van der Waals surface area (Å²) in [6, 6.07) is 15.6. The lowest BCUT2D eigenvalue weighted by Gasteiger charge is -2.14. The van der Waals surface area contributed by atoms with Gasteiger partial charge < -0.3 is 5.32 Å². The Morgan fingerprint density at radius 3 is 2.56 bits per heavy atom. The van der Waals surface area contributed by atoms with Crippen molar-refractivity contribution in [3.8, 4) is 0 Å². The Morgan fingerprint density at radius 2 is 1.75 bits per heavy atom. The lowest BCUT2D eigenvalue weighted by Crippen LogP contribution is -2.29. The Morgan fingerprint density at radius 1 is 1.00 bits per heavy atom. The van der Waals surface area contributed by atoms with Crippen LogP contribution in [0.15, 0.2) is 64.4 Å². The predicted molar refractivity (Wildman–Crippen MR) is 153 cm³/mol. The third-order valence-corrected chi connectivity index (χ3v) is 7.58. The molecule has 1 aliphatic rings. The fourth-order valence-corrected chi connectivity index (χ4v) is 5.50. The topological polar surface area (TPSA) is 66.7 Å². The van der Waals surface area contributed by atoms with Gasteiger partial charge in [0.1, 0.15) is 15.8 Å². The molecular weight excluding hydrogens is 488 g/mol. The molecule has 0 bridgehead atoms. The first kappa shape index (κ1) is 26.1. The fraction of sp³-hybridized carbons (Fsp3) is 0.357. The molecule has 1 aliphatic heterocycles. The highest BCUT2D eigenvalue weighted by molar-refractivity contribution is 8.26. The number of hydrogen-bond donors (Lipinski definition) is 1. The molecule has 0 atom stereocenters. The molecule has 1 fully saturated rings. The second-order valence-corrected chi connectivity index (χ2v) is 10.5. The van der Waals surface area contributed by atoms with Crippen LogP contribution in [0.4, 0.5) is 5.82 Å². The average Bonchev–Trinajstić information content (AvgIpc) is 3.16. The van der Waals surface area contributed by atoms with Crippen molar-refractivity contribution in [2.24, 2.45) is 0 Å². The van der Waals surface area contributed by atoms with E-state index in [0.717, 1.165) is 19.3 Å². The van der Waals surface area contributed by atoms with Gasteiger partial charge in [0.25, 0.3) is 11.5 Å². The van der Waals surface area contributed by atoms with Crippen molar-refractivity contribution in [3.63, 3.8) is 0 Å². The fourth-order valence-electron chi connectivity index (χ4n) is 4.21. The first-order valence-corrected chi connectivity index (χ1v) is 13.9. The van der Waals surface area contributed by atoms with Crippen LogP contribution in [-0.2, 0) is 11.2 Å². The number of carbonyl (C=O) groups is 1. The van der Waals surface area contributed by atoms with Crippen LogP contribution in [0.3, 0.4) is 0 Å². The first-order valence-electron chi connectivity index (χ1n) is 12.6. The van der Waals surface area contributed by atoms with Gasteiger partial charge >= 0.3 is 0 Å². The number of nitrogens with zero attached hydrogens (tertiary/aromatic N) is 3. The van der Waals surface area contributed by atoms with Gasteiger partial charge in [0, 0.05) is 19.3 Å². The van der Waals surface area contributed by atoms with Gasteiger partial charge in [-0.25, -0.2) is 4.98 Å². The Hall–Kier alpha value is -2.97. The van der Waals surface area contributed by atoms with Crippen molar-refractivity contribution in [3.05, 3.63) is 81.1 Å². The highest BCUT2D eigenvalue weighted by Gasteiger charge is 2.32. The molecule has 1 amide bonds. The minimum Gasteiger partial charge on any atom is -0.369 e. The smallest absolute Gasteiger partial charge is 0.267 e. The number of nitrogens with one attached hydrogen (secondary N) is 1. The summed E-state index contributed by atoms with van der Waals surface area (Å²) in [6.07, 6.45) is 11.0. The molecule has 0 aliphatic carbocycles. The van der Waals surface area contributed by atoms with Gasteiger partial charge in [-0.3, -0.25) is 18.9 Å². The highest BCUT2D eigenvalue weighted by atomic mass is 32.2. The molecule has 2 aromatic heterocycles. The van der Waals surface area contributed by atoms with Crippen LogP contribution in [0.25, 0.3) is 11.7 Å². The molecular formula is C28H32N4O2S2. The lowest BCUT2D eigenvalue weighted by atomic mass is 10.1. The molecule has 0 radical (unpaired) electrons. The molecule has 1 saturated heterocycles. The van der Waals surface area contributed by atoms with Crippen LogP contribution < -0.4 is 10.9 Å². The minimum absolute atomic E-state index is 0.133. The number of thiocarbonyl (C=S) groups is 1. The maximum absolute atomic E-state index is 13.4. The molecule has 0 spiro atoms. The van der Waals surface area contributed by atoms with E-state index in [1.165, 1.54) is 47.4 Å². The molecule has 3 aromatic rings. The number of benzene rings is 1. The maximum atomic E-state index is 13.4. The van der Waals surface area contributed by atoms with E-state index < -0.39 is 0 Å². The van der Waals surface area contributed by atoms with Crippen LogP contribution in [0.2, 0.25) is 0 Å². The summed E-state index contributed by atoms with van der Waals surface area (Å²) >= 11 is 6.77. The van der Waals surface area contributed by atoms with E-state index in [0.29, 0.717) is 39.3 Å². The number of hydrogen-bond acceptors (Lipinski definition) is 6. The number of unbranched alkanes of at least 4 members (excludes halogenated alkanes) is 5. The Bertz CT molecular complexity index is 1300.